The Bertz CT molecular complexity index is 1150. The number of aromatic nitrogens is 2. The highest BCUT2D eigenvalue weighted by Crippen LogP contribution is 2.19. The molecule has 2 heterocycles. The van der Waals surface area contributed by atoms with Crippen LogP contribution in [0.5, 0.6) is 0 Å². The molecule has 160 valence electrons. The van der Waals surface area contributed by atoms with Gasteiger partial charge in [0.05, 0.1) is 24.3 Å². The Morgan fingerprint density at radius 3 is 2.65 bits per heavy atom. The first-order valence-electron chi connectivity index (χ1n) is 10.1. The molecule has 31 heavy (non-hydrogen) atoms. The molecule has 6 nitrogen and oxygen atoms in total. The van der Waals surface area contributed by atoms with Gasteiger partial charge in [-0.05, 0) is 37.6 Å². The van der Waals surface area contributed by atoms with Crippen LogP contribution in [0, 0.1) is 6.92 Å². The number of benzene rings is 2. The first-order valence-corrected chi connectivity index (χ1v) is 10.1. The van der Waals surface area contributed by atoms with Gasteiger partial charge in [0.25, 0.3) is 0 Å². The van der Waals surface area contributed by atoms with E-state index in [4.69, 9.17) is 9.41 Å². The maximum Gasteiger partial charge on any atom is 0.226 e. The van der Waals surface area contributed by atoms with Crippen molar-refractivity contribution in [3.63, 3.8) is 0 Å². The van der Waals surface area contributed by atoms with Gasteiger partial charge in [-0.1, -0.05) is 42.0 Å². The number of pyridine rings is 1. The van der Waals surface area contributed by atoms with Gasteiger partial charge in [-0.25, -0.2) is 9.98 Å². The van der Waals surface area contributed by atoms with Crippen LogP contribution < -0.4 is 10.6 Å². The molecule has 4 rings (SSSR count). The molecule has 0 saturated carbocycles. The molecule has 0 aliphatic rings. The van der Waals surface area contributed by atoms with Crippen molar-refractivity contribution < 1.29 is 4.42 Å². The molecule has 0 radical (unpaired) electrons. The molecule has 0 spiro atoms. The summed E-state index contributed by atoms with van der Waals surface area (Å²) in [5.74, 6) is 1.35. The lowest BCUT2D eigenvalue weighted by molar-refractivity contribution is 0.572. The summed E-state index contributed by atoms with van der Waals surface area (Å²) >= 11 is 0. The van der Waals surface area contributed by atoms with Crippen LogP contribution in [0.15, 0.2) is 76.5 Å². The molecule has 0 unspecified atom stereocenters. The number of halogens is 1. The molecule has 4 aromatic rings. The van der Waals surface area contributed by atoms with Gasteiger partial charge < -0.3 is 15.1 Å². The highest BCUT2D eigenvalue weighted by atomic mass is 127. The number of nitrogens with one attached hydrogen (secondary N) is 2. The van der Waals surface area contributed by atoms with E-state index in [0.717, 1.165) is 40.2 Å². The zero-order valence-corrected chi connectivity index (χ0v) is 20.0. The highest BCUT2D eigenvalue weighted by Gasteiger charge is 2.08. The van der Waals surface area contributed by atoms with Gasteiger partial charge in [0, 0.05) is 23.7 Å². The molecule has 2 aromatic heterocycles. The molecule has 0 amide bonds. The number of nitrogens with zero attached hydrogens (tertiary/aromatic N) is 3. The molecule has 2 N–H and O–H groups in total. The Morgan fingerprint density at radius 2 is 1.84 bits per heavy atom. The van der Waals surface area contributed by atoms with Gasteiger partial charge in [0.1, 0.15) is 6.26 Å². The minimum Gasteiger partial charge on any atom is -0.444 e. The zero-order valence-electron chi connectivity index (χ0n) is 17.6. The Morgan fingerprint density at radius 1 is 1.03 bits per heavy atom. The minimum atomic E-state index is 0. The van der Waals surface area contributed by atoms with E-state index in [0.29, 0.717) is 19.0 Å². The van der Waals surface area contributed by atoms with Gasteiger partial charge in [0.2, 0.25) is 5.89 Å². The number of fused-ring (bicyclic) bond motifs is 1. The summed E-state index contributed by atoms with van der Waals surface area (Å²) in [7, 11) is 0. The van der Waals surface area contributed by atoms with Crippen LogP contribution in [-0.4, -0.2) is 22.5 Å². The molecule has 0 aliphatic carbocycles. The number of guanidine groups is 1. The minimum absolute atomic E-state index is 0. The van der Waals surface area contributed by atoms with Crippen LogP contribution in [-0.2, 0) is 13.1 Å². The van der Waals surface area contributed by atoms with Crippen molar-refractivity contribution in [3.05, 3.63) is 83.9 Å². The first-order chi connectivity index (χ1) is 14.7. The summed E-state index contributed by atoms with van der Waals surface area (Å²) in [6, 6.07) is 18.3. The summed E-state index contributed by atoms with van der Waals surface area (Å²) in [4.78, 5) is 13.8. The van der Waals surface area contributed by atoms with Crippen molar-refractivity contribution in [2.24, 2.45) is 4.99 Å². The van der Waals surface area contributed by atoms with Crippen LogP contribution in [0.2, 0.25) is 0 Å². The molecular formula is C24H26IN5O. The largest absolute Gasteiger partial charge is 0.444 e. The van der Waals surface area contributed by atoms with Crippen LogP contribution in [0.1, 0.15) is 23.7 Å². The summed E-state index contributed by atoms with van der Waals surface area (Å²) in [5.41, 5.74) is 5.08. The molecule has 0 atom stereocenters. The topological polar surface area (TPSA) is 75.3 Å². The molecule has 0 fully saturated rings. The fourth-order valence-corrected chi connectivity index (χ4v) is 3.19. The third-order valence-electron chi connectivity index (χ3n) is 4.76. The number of hydrogen-bond donors (Lipinski definition) is 2. The lowest BCUT2D eigenvalue weighted by atomic mass is 10.1. The number of aryl methyl sites for hydroxylation is 1. The number of hydrogen-bond acceptors (Lipinski definition) is 4. The second kappa shape index (κ2) is 10.9. The SMILES string of the molecule is CCNC(=NCc1cccc2cccnc12)NCc1coc(-c2ccc(C)cc2)n1.I. The first kappa shape index (κ1) is 22.7. The lowest BCUT2D eigenvalue weighted by Crippen LogP contribution is -2.36. The van der Waals surface area contributed by atoms with Crippen molar-refractivity contribution in [1.82, 2.24) is 20.6 Å². The Kier molecular flexibility index (Phi) is 8.00. The fourth-order valence-electron chi connectivity index (χ4n) is 3.19. The Hall–Kier alpha value is -2.94. The van der Waals surface area contributed by atoms with E-state index in [-0.39, 0.29) is 24.0 Å². The summed E-state index contributed by atoms with van der Waals surface area (Å²) in [6.45, 7) is 5.94. The number of oxazole rings is 1. The molecule has 2 aromatic carbocycles. The number of aliphatic imine (C=N–C) groups is 1. The number of rotatable bonds is 6. The van der Waals surface area contributed by atoms with Gasteiger partial charge in [-0.3, -0.25) is 4.98 Å². The van der Waals surface area contributed by atoms with Crippen LogP contribution in [0.25, 0.3) is 22.4 Å². The third kappa shape index (κ3) is 5.81. The quantitative estimate of drug-likeness (QED) is 0.208. The fraction of sp³-hybridized carbons (Fsp3) is 0.208. The van der Waals surface area contributed by atoms with Crippen LogP contribution in [0.3, 0.4) is 0 Å². The van der Waals surface area contributed by atoms with Crippen molar-refractivity contribution in [2.45, 2.75) is 26.9 Å². The number of para-hydroxylation sites is 1. The highest BCUT2D eigenvalue weighted by molar-refractivity contribution is 14.0. The molecular weight excluding hydrogens is 501 g/mol. The smallest absolute Gasteiger partial charge is 0.226 e. The Balaban J connectivity index is 0.00000272. The van der Waals surface area contributed by atoms with Crippen molar-refractivity contribution in [2.75, 3.05) is 6.54 Å². The van der Waals surface area contributed by atoms with Gasteiger partial charge >= 0.3 is 0 Å². The summed E-state index contributed by atoms with van der Waals surface area (Å²) in [6.07, 6.45) is 3.50. The summed E-state index contributed by atoms with van der Waals surface area (Å²) in [5, 5.41) is 7.72. The molecule has 0 saturated heterocycles. The van der Waals surface area contributed by atoms with E-state index in [2.05, 4.69) is 57.9 Å². The average Bonchev–Trinajstić information content (AvgIpc) is 3.25. The van der Waals surface area contributed by atoms with E-state index in [1.807, 2.05) is 37.4 Å². The third-order valence-corrected chi connectivity index (χ3v) is 4.76. The normalized spacial score (nSPS) is 11.2. The lowest BCUT2D eigenvalue weighted by Gasteiger charge is -2.10. The van der Waals surface area contributed by atoms with E-state index in [1.54, 1.807) is 6.26 Å². The van der Waals surface area contributed by atoms with E-state index in [9.17, 15) is 0 Å². The van der Waals surface area contributed by atoms with Crippen LogP contribution in [0.4, 0.5) is 0 Å². The second-order valence-corrected chi connectivity index (χ2v) is 7.05. The monoisotopic (exact) mass is 527 g/mol. The maximum absolute atomic E-state index is 5.64. The van der Waals surface area contributed by atoms with E-state index >= 15 is 0 Å². The van der Waals surface area contributed by atoms with Gasteiger partial charge in [-0.15, -0.1) is 24.0 Å². The van der Waals surface area contributed by atoms with Gasteiger partial charge in [0.15, 0.2) is 5.96 Å². The van der Waals surface area contributed by atoms with Crippen LogP contribution >= 0.6 is 24.0 Å². The average molecular weight is 527 g/mol. The molecule has 7 heteroatoms. The summed E-state index contributed by atoms with van der Waals surface area (Å²) < 4.78 is 5.64. The van der Waals surface area contributed by atoms with E-state index in [1.165, 1.54) is 5.56 Å². The zero-order chi connectivity index (χ0) is 20.8. The van der Waals surface area contributed by atoms with Crippen molar-refractivity contribution in [1.29, 1.82) is 0 Å². The predicted molar refractivity (Wildman–Crippen MR) is 135 cm³/mol. The predicted octanol–water partition coefficient (Wildman–Crippen LogP) is 5.07. The van der Waals surface area contributed by atoms with Gasteiger partial charge in [-0.2, -0.15) is 0 Å². The van der Waals surface area contributed by atoms with E-state index < -0.39 is 0 Å². The Labute approximate surface area is 199 Å². The van der Waals surface area contributed by atoms with Crippen molar-refractivity contribution >= 4 is 40.8 Å². The maximum atomic E-state index is 5.64. The standard InChI is InChI=1S/C24H25N5O.HI/c1-3-25-24(27-14-20-7-4-6-18-8-5-13-26-22(18)20)28-15-21-16-30-23(29-21)19-11-9-17(2)10-12-19;/h4-13,16H,3,14-15H2,1-2H3,(H2,25,27,28);1H. The molecule has 0 bridgehead atoms. The second-order valence-electron chi connectivity index (χ2n) is 7.05. The molecule has 0 aliphatic heterocycles. The van der Waals surface area contributed by atoms with Crippen molar-refractivity contribution in [3.8, 4) is 11.5 Å².